The summed E-state index contributed by atoms with van der Waals surface area (Å²) >= 11 is 1.89. The Kier molecular flexibility index (Phi) is 10.2. The highest BCUT2D eigenvalue weighted by Crippen LogP contribution is 2.67. The fourth-order valence-corrected chi connectivity index (χ4v) is 13.2. The van der Waals surface area contributed by atoms with Crippen LogP contribution in [-0.2, 0) is 17.4 Å². The molecule has 3 aliphatic rings. The Labute approximate surface area is 414 Å². The minimum Gasteiger partial charge on any atom is -0.280 e. The summed E-state index contributed by atoms with van der Waals surface area (Å²) in [5.74, 6) is 0. The molecule has 0 fully saturated rings. The lowest BCUT2D eigenvalue weighted by Gasteiger charge is -2.51. The van der Waals surface area contributed by atoms with E-state index in [4.69, 9.17) is 4.99 Å². The van der Waals surface area contributed by atoms with Gasteiger partial charge in [0.2, 0.25) is 0 Å². The maximum absolute atomic E-state index is 5.34. The summed E-state index contributed by atoms with van der Waals surface area (Å²) < 4.78 is 0. The number of hydrogen-bond donors (Lipinski definition) is 0. The van der Waals surface area contributed by atoms with E-state index < -0.39 is 10.8 Å². The standard InChI is InChI=1S/C68H47NS/c1-2-47(44-64(69-45-46-22-5-3-6-23-46)51-27-21-26-49(42-51)48-24-7-4-8-25-48)52-28-9-10-29-53(52)50-40-41-66-63(43-50)68(62-38-19-20-39-65(62)70-66)60-36-17-15-34-58(60)67(59-35-16-18-37-61(59)68)56-32-13-11-30-54(56)55-31-12-14-33-57(55)67/h2-44H,1,45H2/b47-44+,69-64+. The summed E-state index contributed by atoms with van der Waals surface area (Å²) in [6.07, 6.45) is 4.23. The van der Waals surface area contributed by atoms with E-state index in [1.807, 2.05) is 17.8 Å². The van der Waals surface area contributed by atoms with Gasteiger partial charge in [-0.15, -0.1) is 0 Å². The quantitative estimate of drug-likeness (QED) is 0.109. The van der Waals surface area contributed by atoms with Crippen molar-refractivity contribution >= 4 is 23.0 Å². The molecule has 1 aliphatic heterocycles. The second-order valence-electron chi connectivity index (χ2n) is 18.5. The third-order valence-corrected chi connectivity index (χ3v) is 16.1. The van der Waals surface area contributed by atoms with Crippen molar-refractivity contribution in [2.75, 3.05) is 0 Å². The van der Waals surface area contributed by atoms with Crippen molar-refractivity contribution < 1.29 is 0 Å². The molecule has 330 valence electrons. The average Bonchev–Trinajstić information content (AvgIpc) is 3.73. The third-order valence-electron chi connectivity index (χ3n) is 14.9. The summed E-state index contributed by atoms with van der Waals surface area (Å²) in [5.41, 5.74) is 22.0. The van der Waals surface area contributed by atoms with Crippen molar-refractivity contribution in [3.8, 4) is 33.4 Å². The molecule has 0 amide bonds. The molecule has 0 saturated carbocycles. The molecular weight excluding hydrogens is 863 g/mol. The zero-order valence-corrected chi connectivity index (χ0v) is 39.4. The van der Waals surface area contributed by atoms with E-state index in [0.29, 0.717) is 6.54 Å². The zero-order valence-electron chi connectivity index (χ0n) is 38.6. The van der Waals surface area contributed by atoms with E-state index in [9.17, 15) is 0 Å². The Morgan fingerprint density at radius 2 is 0.900 bits per heavy atom. The summed E-state index contributed by atoms with van der Waals surface area (Å²) in [7, 11) is 0. The molecule has 0 atom stereocenters. The van der Waals surface area contributed by atoms with Crippen molar-refractivity contribution in [1.82, 2.24) is 0 Å². The van der Waals surface area contributed by atoms with Gasteiger partial charge in [-0.1, -0.05) is 249 Å². The van der Waals surface area contributed by atoms with Crippen molar-refractivity contribution in [1.29, 1.82) is 0 Å². The van der Waals surface area contributed by atoms with Crippen LogP contribution in [-0.4, -0.2) is 5.71 Å². The van der Waals surface area contributed by atoms with Crippen LogP contribution >= 0.6 is 11.8 Å². The van der Waals surface area contributed by atoms with Gasteiger partial charge in [-0.25, -0.2) is 0 Å². The first-order valence-electron chi connectivity index (χ1n) is 24.2. The van der Waals surface area contributed by atoms with E-state index in [0.717, 1.165) is 44.7 Å². The fraction of sp³-hybridized carbons (Fsp3) is 0.0441. The first kappa shape index (κ1) is 41.9. The molecular formula is C68H47NS. The largest absolute Gasteiger partial charge is 0.280 e. The van der Waals surface area contributed by atoms with Crippen LogP contribution in [0.25, 0.3) is 39.0 Å². The fourth-order valence-electron chi connectivity index (χ4n) is 12.0. The minimum atomic E-state index is -0.620. The van der Waals surface area contributed by atoms with Gasteiger partial charge < -0.3 is 0 Å². The van der Waals surface area contributed by atoms with E-state index in [2.05, 4.69) is 261 Å². The Hall–Kier alpha value is -8.30. The molecule has 0 radical (unpaired) electrons. The average molecular weight is 910 g/mol. The second-order valence-corrected chi connectivity index (χ2v) is 19.6. The number of hydrogen-bond acceptors (Lipinski definition) is 2. The van der Waals surface area contributed by atoms with Gasteiger partial charge in [-0.3, -0.25) is 4.99 Å². The van der Waals surface area contributed by atoms with Gasteiger partial charge in [-0.05, 0) is 125 Å². The van der Waals surface area contributed by atoms with Crippen LogP contribution in [0.2, 0.25) is 0 Å². The molecule has 10 aromatic carbocycles. The highest BCUT2D eigenvalue weighted by molar-refractivity contribution is 7.99. The van der Waals surface area contributed by atoms with Crippen LogP contribution in [0.3, 0.4) is 0 Å². The first-order valence-corrected chi connectivity index (χ1v) is 25.0. The lowest BCUT2D eigenvalue weighted by molar-refractivity contribution is 0.606. The Morgan fingerprint density at radius 3 is 1.54 bits per heavy atom. The Morgan fingerprint density at radius 1 is 0.400 bits per heavy atom. The molecule has 10 aromatic rings. The van der Waals surface area contributed by atoms with Gasteiger partial charge in [0.05, 0.1) is 23.1 Å². The predicted molar refractivity (Wildman–Crippen MR) is 292 cm³/mol. The van der Waals surface area contributed by atoms with Gasteiger partial charge in [0.1, 0.15) is 0 Å². The molecule has 2 heteroatoms. The lowest BCUT2D eigenvalue weighted by Crippen LogP contribution is -2.45. The highest BCUT2D eigenvalue weighted by Gasteiger charge is 2.58. The number of allylic oxidation sites excluding steroid dienone is 3. The topological polar surface area (TPSA) is 12.4 Å². The minimum absolute atomic E-state index is 0.500. The summed E-state index contributed by atoms with van der Waals surface area (Å²) in [6.45, 7) is 5.01. The molecule has 1 heterocycles. The highest BCUT2D eigenvalue weighted by atomic mass is 32.2. The van der Waals surface area contributed by atoms with Crippen LogP contribution in [0.1, 0.15) is 61.2 Å². The summed E-state index contributed by atoms with van der Waals surface area (Å²) in [4.78, 5) is 7.89. The van der Waals surface area contributed by atoms with Crippen molar-refractivity contribution in [2.24, 2.45) is 4.99 Å². The van der Waals surface area contributed by atoms with Crippen LogP contribution in [0, 0.1) is 0 Å². The van der Waals surface area contributed by atoms with Crippen molar-refractivity contribution in [2.45, 2.75) is 27.2 Å². The molecule has 70 heavy (non-hydrogen) atoms. The van der Waals surface area contributed by atoms with Crippen LogP contribution in [0.5, 0.6) is 0 Å². The summed E-state index contributed by atoms with van der Waals surface area (Å²) in [5, 5.41) is 0. The molecule has 2 aliphatic carbocycles. The maximum atomic E-state index is 5.34. The number of fused-ring (bicyclic) bond motifs is 15. The van der Waals surface area contributed by atoms with Gasteiger partial charge in [0.15, 0.2) is 0 Å². The number of nitrogens with zero attached hydrogens (tertiary/aromatic N) is 1. The molecule has 1 nitrogen and oxygen atoms in total. The first-order chi connectivity index (χ1) is 34.7. The molecule has 0 aromatic heterocycles. The monoisotopic (exact) mass is 909 g/mol. The Balaban J connectivity index is 1.02. The van der Waals surface area contributed by atoms with Gasteiger partial charge in [0, 0.05) is 15.4 Å². The number of rotatable bonds is 8. The van der Waals surface area contributed by atoms with Crippen molar-refractivity contribution in [3.05, 3.63) is 329 Å². The molecule has 0 unspecified atom stereocenters. The molecule has 0 bridgehead atoms. The van der Waals surface area contributed by atoms with Gasteiger partial charge in [0.25, 0.3) is 0 Å². The number of benzene rings is 10. The molecule has 0 saturated heterocycles. The molecule has 13 rings (SSSR count). The smallest absolute Gasteiger partial charge is 0.0730 e. The van der Waals surface area contributed by atoms with Gasteiger partial charge in [-0.2, -0.15) is 0 Å². The van der Waals surface area contributed by atoms with Crippen LogP contribution < -0.4 is 0 Å². The normalized spacial score (nSPS) is 14.5. The van der Waals surface area contributed by atoms with E-state index in [1.54, 1.807) is 0 Å². The third kappa shape index (κ3) is 6.37. The lowest BCUT2D eigenvalue weighted by atomic mass is 9.51. The van der Waals surface area contributed by atoms with E-state index in [-0.39, 0.29) is 0 Å². The SMILES string of the molecule is C=C/C(=C\C(=N/Cc1ccccc1)c1cccc(-c2ccccc2)c1)c1ccccc1-c1ccc2c(c1)C1(c3ccccc3S2)c2ccccc2C2(c3ccccc3-c3ccccc32)c2ccccc21. The second kappa shape index (κ2) is 17.0. The Bertz CT molecular complexity index is 3650. The van der Waals surface area contributed by atoms with Crippen molar-refractivity contribution in [3.63, 3.8) is 0 Å². The van der Waals surface area contributed by atoms with E-state index in [1.165, 1.54) is 71.0 Å². The van der Waals surface area contributed by atoms with Gasteiger partial charge >= 0.3 is 0 Å². The van der Waals surface area contributed by atoms with E-state index >= 15 is 0 Å². The van der Waals surface area contributed by atoms with Crippen LogP contribution in [0.4, 0.5) is 0 Å². The zero-order chi connectivity index (χ0) is 46.7. The number of aliphatic imine (C=N–C) groups is 1. The predicted octanol–water partition coefficient (Wildman–Crippen LogP) is 16.8. The molecule has 2 spiro atoms. The summed E-state index contributed by atoms with van der Waals surface area (Å²) in [6, 6.07) is 91.9. The maximum Gasteiger partial charge on any atom is 0.0730 e. The molecule has 0 N–H and O–H groups in total. The van der Waals surface area contributed by atoms with Crippen LogP contribution in [0.15, 0.2) is 282 Å².